The summed E-state index contributed by atoms with van der Waals surface area (Å²) in [6.45, 7) is 1.49. The van der Waals surface area contributed by atoms with Gasteiger partial charge in [-0.1, -0.05) is 35.9 Å². The highest BCUT2D eigenvalue weighted by Crippen LogP contribution is 2.32. The number of hydrogen-bond donors (Lipinski definition) is 2. The number of anilines is 1. The first-order valence-corrected chi connectivity index (χ1v) is 10.9. The Labute approximate surface area is 192 Å². The van der Waals surface area contributed by atoms with Crippen molar-refractivity contribution in [2.24, 2.45) is 0 Å². The number of nitrogens with zero attached hydrogens (tertiary/aromatic N) is 3. The van der Waals surface area contributed by atoms with Crippen LogP contribution >= 0.6 is 11.6 Å². The van der Waals surface area contributed by atoms with E-state index in [4.69, 9.17) is 21.6 Å². The highest BCUT2D eigenvalue weighted by Gasteiger charge is 2.27. The molecule has 164 valence electrons. The molecule has 1 fully saturated rings. The number of rotatable bonds is 7. The Morgan fingerprint density at radius 3 is 2.81 bits per heavy atom. The molecule has 0 saturated carbocycles. The minimum absolute atomic E-state index is 0.00772. The number of ether oxygens (including phenoxy) is 1. The van der Waals surface area contributed by atoms with Crippen LogP contribution in [0, 0.1) is 11.3 Å². The normalized spacial score (nSPS) is 16.6. The van der Waals surface area contributed by atoms with Gasteiger partial charge in [0, 0.05) is 31.5 Å². The third kappa shape index (κ3) is 4.86. The standard InChI is InChI=1S/C25H24ClN3O3/c26-22-5-2-10-28-25(22)32-21-8-11-29(16-21)23-7-6-20(14-18(23)9-12-30)24(31)19-4-1-3-17(13-19)15-27/h1-7,10,13-14,21,24,30-31H,8-9,11-12,16H2/t21-,24?/m0/s1. The van der Waals surface area contributed by atoms with Crippen LogP contribution in [0.5, 0.6) is 5.88 Å². The second kappa shape index (κ2) is 10.0. The number of aromatic nitrogens is 1. The lowest BCUT2D eigenvalue weighted by atomic mass is 9.96. The zero-order valence-corrected chi connectivity index (χ0v) is 18.2. The molecule has 2 N–H and O–H groups in total. The van der Waals surface area contributed by atoms with E-state index in [2.05, 4.69) is 16.0 Å². The highest BCUT2D eigenvalue weighted by atomic mass is 35.5. The van der Waals surface area contributed by atoms with Crippen molar-refractivity contribution in [1.29, 1.82) is 5.26 Å². The van der Waals surface area contributed by atoms with Crippen LogP contribution in [0.25, 0.3) is 0 Å². The number of halogens is 1. The van der Waals surface area contributed by atoms with Gasteiger partial charge >= 0.3 is 0 Å². The molecule has 0 spiro atoms. The van der Waals surface area contributed by atoms with Gasteiger partial charge in [-0.3, -0.25) is 0 Å². The lowest BCUT2D eigenvalue weighted by Crippen LogP contribution is -2.26. The van der Waals surface area contributed by atoms with Crippen molar-refractivity contribution in [2.75, 3.05) is 24.6 Å². The van der Waals surface area contributed by atoms with E-state index in [0.29, 0.717) is 35.0 Å². The van der Waals surface area contributed by atoms with Crippen LogP contribution in [0.3, 0.4) is 0 Å². The Balaban J connectivity index is 1.53. The van der Waals surface area contributed by atoms with Crippen molar-refractivity contribution in [3.05, 3.63) is 88.1 Å². The minimum Gasteiger partial charge on any atom is -0.471 e. The average Bonchev–Trinajstić information content (AvgIpc) is 3.28. The summed E-state index contributed by atoms with van der Waals surface area (Å²) < 4.78 is 6.00. The van der Waals surface area contributed by atoms with Crippen molar-refractivity contribution >= 4 is 17.3 Å². The molecule has 3 aromatic rings. The van der Waals surface area contributed by atoms with E-state index in [1.807, 2.05) is 18.2 Å². The monoisotopic (exact) mass is 449 g/mol. The van der Waals surface area contributed by atoms with Crippen LogP contribution in [0.1, 0.15) is 34.8 Å². The van der Waals surface area contributed by atoms with Crippen molar-refractivity contribution in [1.82, 2.24) is 4.98 Å². The highest BCUT2D eigenvalue weighted by molar-refractivity contribution is 6.31. The molecule has 7 heteroatoms. The minimum atomic E-state index is -0.851. The number of pyridine rings is 1. The predicted octanol–water partition coefficient (Wildman–Crippen LogP) is 3.88. The van der Waals surface area contributed by atoms with Gasteiger partial charge in [0.25, 0.3) is 0 Å². The summed E-state index contributed by atoms with van der Waals surface area (Å²) in [7, 11) is 0. The maximum Gasteiger partial charge on any atom is 0.232 e. The molecule has 1 aliphatic heterocycles. The molecule has 1 aromatic heterocycles. The second-order valence-electron chi connectivity index (χ2n) is 7.77. The maximum absolute atomic E-state index is 10.9. The van der Waals surface area contributed by atoms with E-state index in [0.717, 1.165) is 29.8 Å². The van der Waals surface area contributed by atoms with Gasteiger partial charge in [-0.05, 0) is 53.4 Å². The Morgan fingerprint density at radius 1 is 1.19 bits per heavy atom. The van der Waals surface area contributed by atoms with Crippen LogP contribution in [-0.2, 0) is 6.42 Å². The Morgan fingerprint density at radius 2 is 2.03 bits per heavy atom. The van der Waals surface area contributed by atoms with Crippen molar-refractivity contribution in [3.63, 3.8) is 0 Å². The molecule has 6 nitrogen and oxygen atoms in total. The third-order valence-electron chi connectivity index (χ3n) is 5.62. The number of hydrogen-bond acceptors (Lipinski definition) is 6. The Bertz CT molecular complexity index is 1130. The Kier molecular flexibility index (Phi) is 6.91. The number of benzene rings is 2. The molecule has 2 atom stereocenters. The topological polar surface area (TPSA) is 89.6 Å². The summed E-state index contributed by atoms with van der Waals surface area (Å²) in [5.74, 6) is 0.440. The van der Waals surface area contributed by atoms with Gasteiger partial charge in [-0.25, -0.2) is 4.98 Å². The van der Waals surface area contributed by atoms with Gasteiger partial charge < -0.3 is 19.8 Å². The molecule has 0 bridgehead atoms. The van der Waals surface area contributed by atoms with Gasteiger partial charge in [0.15, 0.2) is 0 Å². The number of nitriles is 1. The van der Waals surface area contributed by atoms with Crippen molar-refractivity contribution in [3.8, 4) is 11.9 Å². The fourth-order valence-electron chi connectivity index (χ4n) is 4.03. The summed E-state index contributed by atoms with van der Waals surface area (Å²) in [6.07, 6.45) is 2.07. The smallest absolute Gasteiger partial charge is 0.232 e. The van der Waals surface area contributed by atoms with Crippen LogP contribution in [-0.4, -0.2) is 41.0 Å². The molecule has 0 amide bonds. The van der Waals surface area contributed by atoms with E-state index in [1.54, 1.807) is 42.6 Å². The fraction of sp³-hybridized carbons (Fsp3) is 0.280. The molecule has 1 unspecified atom stereocenters. The Hall–Kier alpha value is -3.11. The van der Waals surface area contributed by atoms with Crippen LogP contribution in [0.2, 0.25) is 5.02 Å². The molecule has 2 aromatic carbocycles. The summed E-state index contributed by atoms with van der Waals surface area (Å²) in [6, 6.07) is 18.4. The van der Waals surface area contributed by atoms with Gasteiger partial charge in [0.2, 0.25) is 5.88 Å². The van der Waals surface area contributed by atoms with Gasteiger partial charge in [0.1, 0.15) is 17.2 Å². The number of aliphatic hydroxyl groups excluding tert-OH is 2. The van der Waals surface area contributed by atoms with Crippen molar-refractivity contribution < 1.29 is 14.9 Å². The second-order valence-corrected chi connectivity index (χ2v) is 8.17. The lowest BCUT2D eigenvalue weighted by molar-refractivity contribution is 0.216. The molecule has 0 aliphatic carbocycles. The molecule has 1 aliphatic rings. The summed E-state index contributed by atoms with van der Waals surface area (Å²) in [5.41, 5.74) is 3.86. The van der Waals surface area contributed by atoms with Crippen molar-refractivity contribution in [2.45, 2.75) is 25.0 Å². The maximum atomic E-state index is 10.9. The van der Waals surface area contributed by atoms with Crippen LogP contribution in [0.15, 0.2) is 60.8 Å². The molecule has 32 heavy (non-hydrogen) atoms. The van der Waals surface area contributed by atoms with E-state index in [1.165, 1.54) is 0 Å². The summed E-state index contributed by atoms with van der Waals surface area (Å²) in [5, 5.41) is 30.1. The molecule has 2 heterocycles. The van der Waals surface area contributed by atoms with E-state index < -0.39 is 6.10 Å². The summed E-state index contributed by atoms with van der Waals surface area (Å²) >= 11 is 6.17. The zero-order chi connectivity index (χ0) is 22.5. The number of aliphatic hydroxyl groups is 2. The van der Waals surface area contributed by atoms with Crippen LogP contribution < -0.4 is 9.64 Å². The molecule has 0 radical (unpaired) electrons. The van der Waals surface area contributed by atoms with Crippen LogP contribution in [0.4, 0.5) is 5.69 Å². The lowest BCUT2D eigenvalue weighted by Gasteiger charge is -2.24. The van der Waals surface area contributed by atoms with E-state index in [9.17, 15) is 10.2 Å². The first-order valence-electron chi connectivity index (χ1n) is 10.5. The molecular weight excluding hydrogens is 426 g/mol. The van der Waals surface area contributed by atoms with Gasteiger partial charge in [-0.2, -0.15) is 5.26 Å². The summed E-state index contributed by atoms with van der Waals surface area (Å²) in [4.78, 5) is 6.43. The van der Waals surface area contributed by atoms with Gasteiger partial charge in [-0.15, -0.1) is 0 Å². The fourth-order valence-corrected chi connectivity index (χ4v) is 4.20. The quantitative estimate of drug-likeness (QED) is 0.569. The molecule has 1 saturated heterocycles. The SMILES string of the molecule is N#Cc1cccc(C(O)c2ccc(N3CC[C@H](Oc4ncccc4Cl)C3)c(CCO)c2)c1. The predicted molar refractivity (Wildman–Crippen MR) is 123 cm³/mol. The molecule has 4 rings (SSSR count). The average molecular weight is 450 g/mol. The van der Waals surface area contributed by atoms with E-state index in [-0.39, 0.29) is 12.7 Å². The van der Waals surface area contributed by atoms with Gasteiger partial charge in [0.05, 0.1) is 18.2 Å². The molecular formula is C25H24ClN3O3. The first-order chi connectivity index (χ1) is 15.6. The zero-order valence-electron chi connectivity index (χ0n) is 17.5. The third-order valence-corrected chi connectivity index (χ3v) is 5.91. The largest absolute Gasteiger partial charge is 0.471 e. The van der Waals surface area contributed by atoms with E-state index >= 15 is 0 Å². The first kappa shape index (κ1) is 22.1.